The first-order valence-corrected chi connectivity index (χ1v) is 9.53. The van der Waals surface area contributed by atoms with E-state index in [1.165, 1.54) is 37.5 Å². The van der Waals surface area contributed by atoms with Crippen LogP contribution in [0.4, 0.5) is 0 Å². The van der Waals surface area contributed by atoms with Crippen LogP contribution in [0.5, 0.6) is 17.2 Å². The Kier molecular flexibility index (Phi) is 8.80. The number of rotatable bonds is 10. The second-order valence-corrected chi connectivity index (χ2v) is 6.34. The number of hydrogen-bond acceptors (Lipinski definition) is 7. The van der Waals surface area contributed by atoms with Gasteiger partial charge in [0.2, 0.25) is 6.20 Å². The molecule has 8 nitrogen and oxygen atoms in total. The summed E-state index contributed by atoms with van der Waals surface area (Å²) in [4.78, 5) is 22.3. The summed E-state index contributed by atoms with van der Waals surface area (Å²) in [6.07, 6.45) is 5.49. The molecule has 2 aromatic carbocycles. The Balaban J connectivity index is 2.13. The zero-order chi connectivity index (χ0) is 22.6. The maximum Gasteiger partial charge on any atom is 0.354 e. The van der Waals surface area contributed by atoms with E-state index in [1.807, 2.05) is 6.07 Å². The van der Waals surface area contributed by atoms with Crippen LogP contribution in [0.2, 0.25) is 0 Å². The first-order chi connectivity index (χ1) is 15.0. The normalized spacial score (nSPS) is 11.1. The zero-order valence-electron chi connectivity index (χ0n) is 17.2. The van der Waals surface area contributed by atoms with Crippen molar-refractivity contribution in [2.75, 3.05) is 13.7 Å². The molecule has 0 heterocycles. The van der Waals surface area contributed by atoms with E-state index < -0.39 is 10.9 Å². The third-order valence-corrected chi connectivity index (χ3v) is 4.08. The highest BCUT2D eigenvalue weighted by Crippen LogP contribution is 2.29. The average molecular weight is 422 g/mol. The van der Waals surface area contributed by atoms with Crippen LogP contribution in [0.1, 0.15) is 30.9 Å². The molecule has 0 saturated heterocycles. The Morgan fingerprint density at radius 2 is 1.87 bits per heavy atom. The topological polar surface area (TPSA) is 112 Å². The van der Waals surface area contributed by atoms with Crippen molar-refractivity contribution >= 4 is 18.1 Å². The molecule has 0 N–H and O–H groups in total. The fourth-order valence-corrected chi connectivity index (χ4v) is 2.47. The fraction of sp³-hybridized carbons (Fsp3) is 0.217. The summed E-state index contributed by atoms with van der Waals surface area (Å²) in [5.74, 6) is 0.150. The number of carbonyl (C=O) groups is 1. The second kappa shape index (κ2) is 11.8. The number of benzene rings is 2. The van der Waals surface area contributed by atoms with Crippen LogP contribution >= 0.6 is 0 Å². The van der Waals surface area contributed by atoms with Gasteiger partial charge in [0, 0.05) is 6.08 Å². The Morgan fingerprint density at radius 3 is 2.48 bits per heavy atom. The quantitative estimate of drug-likeness (QED) is 0.104. The highest BCUT2D eigenvalue weighted by Gasteiger charge is 2.15. The molecule has 160 valence electrons. The van der Waals surface area contributed by atoms with E-state index in [1.54, 1.807) is 24.3 Å². The molecule has 0 spiro atoms. The lowest BCUT2D eigenvalue weighted by atomic mass is 10.1. The molecule has 0 bridgehead atoms. The smallest absolute Gasteiger partial charge is 0.354 e. The minimum Gasteiger partial charge on any atom is -0.494 e. The van der Waals surface area contributed by atoms with Crippen molar-refractivity contribution < 1.29 is 23.9 Å². The average Bonchev–Trinajstić information content (AvgIpc) is 2.77. The molecule has 2 aromatic rings. The molecule has 0 radical (unpaired) electrons. The minimum absolute atomic E-state index is 0.0894. The highest BCUT2D eigenvalue weighted by atomic mass is 16.6. The van der Waals surface area contributed by atoms with Crippen molar-refractivity contribution in [3.8, 4) is 23.3 Å². The maximum atomic E-state index is 12.5. The molecule has 0 unspecified atom stereocenters. The molecule has 0 fully saturated rings. The molecule has 0 atom stereocenters. The summed E-state index contributed by atoms with van der Waals surface area (Å²) in [5.41, 5.74) is 0.938. The van der Waals surface area contributed by atoms with E-state index in [0.717, 1.165) is 19.0 Å². The van der Waals surface area contributed by atoms with Crippen LogP contribution in [0.3, 0.4) is 0 Å². The van der Waals surface area contributed by atoms with Crippen molar-refractivity contribution in [3.05, 3.63) is 75.5 Å². The molecule has 0 saturated carbocycles. The largest absolute Gasteiger partial charge is 0.494 e. The third kappa shape index (κ3) is 7.33. The Morgan fingerprint density at radius 1 is 1.16 bits per heavy atom. The second-order valence-electron chi connectivity index (χ2n) is 6.34. The molecule has 0 aliphatic heterocycles. The van der Waals surface area contributed by atoms with Gasteiger partial charge in [-0.15, -0.1) is 0 Å². The predicted molar refractivity (Wildman–Crippen MR) is 115 cm³/mol. The number of nitriles is 1. The lowest BCUT2D eigenvalue weighted by molar-refractivity contribution is -0.400. The monoisotopic (exact) mass is 422 g/mol. The third-order valence-electron chi connectivity index (χ3n) is 4.08. The van der Waals surface area contributed by atoms with Crippen molar-refractivity contribution in [3.63, 3.8) is 0 Å². The van der Waals surface area contributed by atoms with Gasteiger partial charge in [0.1, 0.15) is 17.4 Å². The summed E-state index contributed by atoms with van der Waals surface area (Å²) < 4.78 is 16.1. The van der Waals surface area contributed by atoms with E-state index in [9.17, 15) is 20.2 Å². The number of unbranched alkanes of at least 4 members (excludes halogenated alkanes) is 1. The minimum atomic E-state index is -0.849. The molecular formula is C23H22N2O6. The van der Waals surface area contributed by atoms with Crippen molar-refractivity contribution in [2.24, 2.45) is 0 Å². The van der Waals surface area contributed by atoms with E-state index >= 15 is 0 Å². The van der Waals surface area contributed by atoms with Gasteiger partial charge in [-0.05, 0) is 47.9 Å². The summed E-state index contributed by atoms with van der Waals surface area (Å²) in [5, 5.41) is 19.8. The van der Waals surface area contributed by atoms with Crippen LogP contribution in [0, 0.1) is 21.4 Å². The molecular weight excluding hydrogens is 400 g/mol. The van der Waals surface area contributed by atoms with Crippen LogP contribution in [-0.2, 0) is 4.79 Å². The van der Waals surface area contributed by atoms with Crippen LogP contribution < -0.4 is 14.2 Å². The number of esters is 1. The summed E-state index contributed by atoms with van der Waals surface area (Å²) in [6, 6.07) is 13.3. The SMILES string of the molecule is CCCCOc1ccc(/C=C(\C#N)C(=O)Oc2ccc(/C=C/[N+](=O)[O-])cc2OC)cc1. The van der Waals surface area contributed by atoms with E-state index in [2.05, 4.69) is 6.92 Å². The summed E-state index contributed by atoms with van der Waals surface area (Å²) in [6.45, 7) is 2.71. The Labute approximate surface area is 180 Å². The fourth-order valence-electron chi connectivity index (χ4n) is 2.47. The first-order valence-electron chi connectivity index (χ1n) is 9.53. The van der Waals surface area contributed by atoms with Crippen molar-refractivity contribution in [1.29, 1.82) is 5.26 Å². The zero-order valence-corrected chi connectivity index (χ0v) is 17.2. The maximum absolute atomic E-state index is 12.5. The van der Waals surface area contributed by atoms with E-state index in [4.69, 9.17) is 14.2 Å². The summed E-state index contributed by atoms with van der Waals surface area (Å²) in [7, 11) is 1.37. The molecule has 2 rings (SSSR count). The Bertz CT molecular complexity index is 1020. The van der Waals surface area contributed by atoms with Gasteiger partial charge in [0.25, 0.3) is 0 Å². The van der Waals surface area contributed by atoms with Gasteiger partial charge in [0.15, 0.2) is 11.5 Å². The number of carbonyl (C=O) groups excluding carboxylic acids is 1. The van der Waals surface area contributed by atoms with Gasteiger partial charge in [0.05, 0.1) is 18.6 Å². The number of methoxy groups -OCH3 is 1. The number of hydrogen-bond donors (Lipinski definition) is 0. The van der Waals surface area contributed by atoms with Gasteiger partial charge in [-0.25, -0.2) is 4.79 Å². The molecule has 31 heavy (non-hydrogen) atoms. The number of nitro groups is 1. The lowest BCUT2D eigenvalue weighted by Gasteiger charge is -2.09. The molecule has 8 heteroatoms. The van der Waals surface area contributed by atoms with E-state index in [0.29, 0.717) is 23.5 Å². The number of nitrogens with zero attached hydrogens (tertiary/aromatic N) is 2. The van der Waals surface area contributed by atoms with Gasteiger partial charge in [-0.1, -0.05) is 31.5 Å². The van der Waals surface area contributed by atoms with Gasteiger partial charge < -0.3 is 14.2 Å². The lowest BCUT2D eigenvalue weighted by Crippen LogP contribution is -2.11. The molecule has 0 aliphatic carbocycles. The molecule has 0 aliphatic rings. The highest BCUT2D eigenvalue weighted by molar-refractivity contribution is 5.99. The van der Waals surface area contributed by atoms with Crippen molar-refractivity contribution in [1.82, 2.24) is 0 Å². The predicted octanol–water partition coefficient (Wildman–Crippen LogP) is 4.63. The summed E-state index contributed by atoms with van der Waals surface area (Å²) >= 11 is 0. The standard InChI is InChI=1S/C23H22N2O6/c1-3-4-13-30-20-8-5-17(6-9-20)14-19(16-24)23(26)31-21-10-7-18(11-12-25(27)28)15-22(21)29-2/h5-12,14-15H,3-4,13H2,1-2H3/b12-11+,19-14+. The van der Waals surface area contributed by atoms with Crippen LogP contribution in [0.25, 0.3) is 12.2 Å². The van der Waals surface area contributed by atoms with Crippen LogP contribution in [-0.4, -0.2) is 24.6 Å². The van der Waals surface area contributed by atoms with Crippen molar-refractivity contribution in [2.45, 2.75) is 19.8 Å². The first kappa shape index (κ1) is 23.2. The van der Waals surface area contributed by atoms with Gasteiger partial charge in [-0.2, -0.15) is 5.26 Å². The molecule has 0 aromatic heterocycles. The van der Waals surface area contributed by atoms with Gasteiger partial charge in [-0.3, -0.25) is 10.1 Å². The Hall–Kier alpha value is -4.12. The van der Waals surface area contributed by atoms with Gasteiger partial charge >= 0.3 is 5.97 Å². The molecule has 0 amide bonds. The number of ether oxygens (including phenoxy) is 3. The van der Waals surface area contributed by atoms with E-state index in [-0.39, 0.29) is 17.1 Å². The van der Waals surface area contributed by atoms with Crippen LogP contribution in [0.15, 0.2) is 54.2 Å².